The molecule has 0 saturated carbocycles. The summed E-state index contributed by atoms with van der Waals surface area (Å²) < 4.78 is 0. The molecule has 16 heavy (non-hydrogen) atoms. The van der Waals surface area contributed by atoms with Gasteiger partial charge in [0.05, 0.1) is 0 Å². The Labute approximate surface area is 125 Å². The van der Waals surface area contributed by atoms with Crippen LogP contribution in [-0.4, -0.2) is 14.1 Å². The molecule has 0 fully saturated rings. The largest absolute Gasteiger partial charge is 2.00 e. The summed E-state index contributed by atoms with van der Waals surface area (Å²) in [6.07, 6.45) is 2.22. The minimum Gasteiger partial charge on any atom is -1.00 e. The normalized spacial score (nSPS) is 8.25. The molecule has 4 heteroatoms. The Morgan fingerprint density at radius 2 is 1.38 bits per heavy atom. The molecule has 0 saturated heterocycles. The predicted molar refractivity (Wildman–Crippen MR) is 66.8 cm³/mol. The maximum Gasteiger partial charge on any atom is 2.00 e. The van der Waals surface area contributed by atoms with Crippen LogP contribution in [0.4, 0.5) is 5.69 Å². The van der Waals surface area contributed by atoms with Crippen molar-refractivity contribution in [3.8, 4) is 0 Å². The van der Waals surface area contributed by atoms with Crippen molar-refractivity contribution in [2.45, 2.75) is 26.7 Å². The van der Waals surface area contributed by atoms with Crippen molar-refractivity contribution in [3.63, 3.8) is 0 Å². The van der Waals surface area contributed by atoms with Gasteiger partial charge in [0, 0.05) is 19.8 Å². The molecule has 0 radical (unpaired) electrons. The van der Waals surface area contributed by atoms with E-state index in [9.17, 15) is 0 Å². The topological polar surface area (TPSA) is 3.24 Å². The second kappa shape index (κ2) is 10.4. The molecule has 1 aromatic rings. The maximum absolute atomic E-state index is 2.22. The molecule has 0 spiro atoms. The van der Waals surface area contributed by atoms with Crippen molar-refractivity contribution in [2.24, 2.45) is 0 Å². The van der Waals surface area contributed by atoms with Crippen molar-refractivity contribution >= 4 is 18.1 Å². The summed E-state index contributed by atoms with van der Waals surface area (Å²) in [5, 5.41) is 0. The molecule has 0 atom stereocenters. The number of hydrogen-bond donors (Lipinski definition) is 0. The molecule has 88 valence electrons. The number of para-hydroxylation sites is 1. The van der Waals surface area contributed by atoms with Gasteiger partial charge in [0.1, 0.15) is 0 Å². The monoisotopic (exact) mass is 312 g/mol. The standard InChI is InChI=1S/C12H19N.2ClH.Zn/c1-5-10-8-7-9-11(6-2)12(10)13(3)4;;;/h7-9H,5-6H2,1-4H3;2*1H;/q;;;+2/p-1. The van der Waals surface area contributed by atoms with Crippen LogP contribution >= 0.6 is 12.4 Å². The number of halogens is 2. The third-order valence-electron chi connectivity index (χ3n) is 2.41. The molecule has 1 nitrogen and oxygen atoms in total. The molecule has 0 heterocycles. The van der Waals surface area contributed by atoms with Gasteiger partial charge in [-0.3, -0.25) is 0 Å². The van der Waals surface area contributed by atoms with Crippen LogP contribution < -0.4 is 17.3 Å². The summed E-state index contributed by atoms with van der Waals surface area (Å²) in [5.41, 5.74) is 4.31. The van der Waals surface area contributed by atoms with Crippen LogP contribution in [0.3, 0.4) is 0 Å². The van der Waals surface area contributed by atoms with E-state index in [1.165, 1.54) is 16.8 Å². The number of aryl methyl sites for hydroxylation is 2. The third-order valence-corrected chi connectivity index (χ3v) is 2.41. The second-order valence-electron chi connectivity index (χ2n) is 3.53. The Balaban J connectivity index is -0.000000563. The summed E-state index contributed by atoms with van der Waals surface area (Å²) in [6, 6.07) is 6.59. The minimum absolute atomic E-state index is 0. The number of rotatable bonds is 3. The molecule has 0 aliphatic heterocycles. The van der Waals surface area contributed by atoms with Gasteiger partial charge in [-0.15, -0.1) is 12.4 Å². The fourth-order valence-electron chi connectivity index (χ4n) is 1.79. The predicted octanol–water partition coefficient (Wildman–Crippen LogP) is 0.301. The summed E-state index contributed by atoms with van der Waals surface area (Å²) in [5.74, 6) is 0. The first kappa shape index (κ1) is 21.5. The van der Waals surface area contributed by atoms with Gasteiger partial charge < -0.3 is 17.3 Å². The van der Waals surface area contributed by atoms with Crippen LogP contribution in [0.5, 0.6) is 0 Å². The average Bonchev–Trinajstić information content (AvgIpc) is 2.16. The maximum atomic E-state index is 2.22. The fourth-order valence-corrected chi connectivity index (χ4v) is 1.79. The van der Waals surface area contributed by atoms with Crippen LogP contribution in [0.25, 0.3) is 0 Å². The summed E-state index contributed by atoms with van der Waals surface area (Å²) in [4.78, 5) is 2.22. The van der Waals surface area contributed by atoms with E-state index < -0.39 is 0 Å². The van der Waals surface area contributed by atoms with Gasteiger partial charge >= 0.3 is 19.5 Å². The van der Waals surface area contributed by atoms with Crippen LogP contribution in [0.15, 0.2) is 18.2 Å². The number of anilines is 1. The molecular weight excluding hydrogens is 294 g/mol. The Bertz CT molecular complexity index is 268. The van der Waals surface area contributed by atoms with Crippen LogP contribution in [0.1, 0.15) is 25.0 Å². The quantitative estimate of drug-likeness (QED) is 0.726. The molecule has 0 unspecified atom stereocenters. The first-order chi connectivity index (χ1) is 6.20. The third kappa shape index (κ3) is 5.04. The first-order valence-electron chi connectivity index (χ1n) is 4.98. The molecule has 0 aliphatic rings. The smallest absolute Gasteiger partial charge is 1.00 e. The van der Waals surface area contributed by atoms with Gasteiger partial charge in [-0.25, -0.2) is 0 Å². The van der Waals surface area contributed by atoms with Gasteiger partial charge in [0.15, 0.2) is 0 Å². The molecule has 1 rings (SSSR count). The van der Waals surface area contributed by atoms with Crippen molar-refractivity contribution in [2.75, 3.05) is 19.0 Å². The van der Waals surface area contributed by atoms with E-state index in [0.29, 0.717) is 0 Å². The zero-order chi connectivity index (χ0) is 9.84. The SMILES string of the molecule is CCc1cccc(CC)c1N(C)C.Cl.[Cl-].[Zn+2]. The molecule has 0 bridgehead atoms. The zero-order valence-electron chi connectivity index (χ0n) is 10.6. The summed E-state index contributed by atoms with van der Waals surface area (Å²) in [7, 11) is 4.24. The van der Waals surface area contributed by atoms with E-state index >= 15 is 0 Å². The molecular formula is C12H20Cl2NZn+. The Kier molecular flexibility index (Phi) is 14.0. The van der Waals surface area contributed by atoms with Gasteiger partial charge in [0.2, 0.25) is 0 Å². The molecule has 0 aliphatic carbocycles. The van der Waals surface area contributed by atoms with E-state index in [2.05, 4.69) is 51.0 Å². The molecule has 0 aromatic heterocycles. The second-order valence-corrected chi connectivity index (χ2v) is 3.53. The Hall–Kier alpha value is 0.223. The zero-order valence-corrected chi connectivity index (χ0v) is 15.1. The first-order valence-corrected chi connectivity index (χ1v) is 4.98. The number of nitrogens with zero attached hydrogens (tertiary/aromatic N) is 1. The van der Waals surface area contributed by atoms with Crippen LogP contribution in [0, 0.1) is 0 Å². The fraction of sp³-hybridized carbons (Fsp3) is 0.500. The Morgan fingerprint density at radius 1 is 1.00 bits per heavy atom. The molecule has 0 N–H and O–H groups in total. The summed E-state index contributed by atoms with van der Waals surface area (Å²) in [6.45, 7) is 4.42. The van der Waals surface area contributed by atoms with E-state index in [1.807, 2.05) is 0 Å². The number of benzene rings is 1. The van der Waals surface area contributed by atoms with E-state index in [-0.39, 0.29) is 44.3 Å². The van der Waals surface area contributed by atoms with Crippen LogP contribution in [-0.2, 0) is 32.3 Å². The van der Waals surface area contributed by atoms with Gasteiger partial charge in [-0.1, -0.05) is 32.0 Å². The van der Waals surface area contributed by atoms with Crippen LogP contribution in [0.2, 0.25) is 0 Å². The van der Waals surface area contributed by atoms with Gasteiger partial charge in [-0.2, -0.15) is 0 Å². The van der Waals surface area contributed by atoms with Crippen molar-refractivity contribution in [1.29, 1.82) is 0 Å². The van der Waals surface area contributed by atoms with Crippen molar-refractivity contribution in [3.05, 3.63) is 29.3 Å². The number of hydrogen-bond acceptors (Lipinski definition) is 1. The van der Waals surface area contributed by atoms with Gasteiger partial charge in [0.25, 0.3) is 0 Å². The van der Waals surface area contributed by atoms with E-state index in [0.717, 1.165) is 12.8 Å². The Morgan fingerprint density at radius 3 is 1.62 bits per heavy atom. The van der Waals surface area contributed by atoms with E-state index in [1.54, 1.807) is 0 Å². The van der Waals surface area contributed by atoms with Crippen molar-refractivity contribution < 1.29 is 31.9 Å². The molecule has 0 amide bonds. The minimum atomic E-state index is 0. The van der Waals surface area contributed by atoms with Gasteiger partial charge in [-0.05, 0) is 24.0 Å². The van der Waals surface area contributed by atoms with E-state index in [4.69, 9.17) is 0 Å². The van der Waals surface area contributed by atoms with Crippen molar-refractivity contribution in [1.82, 2.24) is 0 Å². The average molecular weight is 315 g/mol. The molecule has 1 aromatic carbocycles. The summed E-state index contributed by atoms with van der Waals surface area (Å²) >= 11 is 0.